The molecule has 1 rings (SSSR count). The van der Waals surface area contributed by atoms with Gasteiger partial charge in [-0.05, 0) is 12.1 Å². The van der Waals surface area contributed by atoms with Crippen molar-refractivity contribution in [2.24, 2.45) is 0 Å². The van der Waals surface area contributed by atoms with Crippen LogP contribution in [0.1, 0.15) is 10.4 Å². The van der Waals surface area contributed by atoms with E-state index in [1.807, 2.05) is 0 Å². The van der Waals surface area contributed by atoms with Crippen LogP contribution in [0.25, 0.3) is 0 Å². The second-order valence-electron chi connectivity index (χ2n) is 2.96. The van der Waals surface area contributed by atoms with E-state index in [4.69, 9.17) is 14.2 Å². The molecule has 0 atom stereocenters. The molecule has 1 amide bonds. The van der Waals surface area contributed by atoms with Gasteiger partial charge in [0.15, 0.2) is 11.5 Å². The van der Waals surface area contributed by atoms with Crippen molar-refractivity contribution in [2.45, 2.75) is 0 Å². The molecule has 1 aromatic rings. The first-order valence-electron chi connectivity index (χ1n) is 4.70. The van der Waals surface area contributed by atoms with E-state index in [1.165, 1.54) is 21.3 Å². The number of benzene rings is 1. The average molecular weight is 262 g/mol. The molecular formula is C11H16ClNO4. The Balaban J connectivity index is 0.00000256. The van der Waals surface area contributed by atoms with Crippen molar-refractivity contribution in [3.63, 3.8) is 0 Å². The second kappa shape index (κ2) is 6.85. The SMILES string of the molecule is CNC(=O)c1ccc(OC)c(OC)c1OC.Cl. The van der Waals surface area contributed by atoms with E-state index in [0.29, 0.717) is 22.8 Å². The molecule has 0 saturated carbocycles. The Kier molecular flexibility index (Phi) is 6.20. The normalized spacial score (nSPS) is 8.94. The number of carbonyl (C=O) groups excluding carboxylic acids is 1. The molecule has 0 spiro atoms. The van der Waals surface area contributed by atoms with Gasteiger partial charge in [-0.25, -0.2) is 0 Å². The van der Waals surface area contributed by atoms with E-state index in [-0.39, 0.29) is 18.3 Å². The zero-order valence-corrected chi connectivity index (χ0v) is 11.0. The van der Waals surface area contributed by atoms with Crippen LogP contribution < -0.4 is 19.5 Å². The van der Waals surface area contributed by atoms with Gasteiger partial charge in [-0.15, -0.1) is 12.4 Å². The number of halogens is 1. The lowest BCUT2D eigenvalue weighted by Gasteiger charge is -2.14. The Morgan fingerprint density at radius 3 is 2.06 bits per heavy atom. The smallest absolute Gasteiger partial charge is 0.254 e. The monoisotopic (exact) mass is 261 g/mol. The lowest BCUT2D eigenvalue weighted by atomic mass is 10.1. The van der Waals surface area contributed by atoms with Gasteiger partial charge < -0.3 is 19.5 Å². The van der Waals surface area contributed by atoms with Crippen LogP contribution in [-0.2, 0) is 0 Å². The number of methoxy groups -OCH3 is 3. The highest BCUT2D eigenvalue weighted by atomic mass is 35.5. The summed E-state index contributed by atoms with van der Waals surface area (Å²) in [5.41, 5.74) is 0.405. The van der Waals surface area contributed by atoms with Gasteiger partial charge in [-0.1, -0.05) is 0 Å². The van der Waals surface area contributed by atoms with Gasteiger partial charge in [-0.2, -0.15) is 0 Å². The van der Waals surface area contributed by atoms with Crippen LogP contribution in [0.15, 0.2) is 12.1 Å². The van der Waals surface area contributed by atoms with Gasteiger partial charge in [0.1, 0.15) is 0 Å². The number of amides is 1. The molecular weight excluding hydrogens is 246 g/mol. The van der Waals surface area contributed by atoms with Gasteiger partial charge >= 0.3 is 0 Å². The van der Waals surface area contributed by atoms with Gasteiger partial charge in [0.2, 0.25) is 5.75 Å². The van der Waals surface area contributed by atoms with Crippen molar-refractivity contribution in [1.82, 2.24) is 5.32 Å². The molecule has 0 unspecified atom stereocenters. The quantitative estimate of drug-likeness (QED) is 0.892. The first-order valence-corrected chi connectivity index (χ1v) is 4.70. The van der Waals surface area contributed by atoms with Crippen LogP contribution in [0.3, 0.4) is 0 Å². The summed E-state index contributed by atoms with van der Waals surface area (Å²) in [7, 11) is 6.05. The Labute approximate surface area is 106 Å². The molecule has 0 saturated heterocycles. The maximum atomic E-state index is 11.6. The van der Waals surface area contributed by atoms with Crippen molar-refractivity contribution >= 4 is 18.3 Å². The number of hydrogen-bond acceptors (Lipinski definition) is 4. The Bertz CT molecular complexity index is 395. The van der Waals surface area contributed by atoms with E-state index in [2.05, 4.69) is 5.32 Å². The third-order valence-corrected chi connectivity index (χ3v) is 2.18. The van der Waals surface area contributed by atoms with Gasteiger partial charge in [0, 0.05) is 7.05 Å². The molecule has 0 fully saturated rings. The number of rotatable bonds is 4. The molecule has 0 aliphatic carbocycles. The van der Waals surface area contributed by atoms with E-state index in [9.17, 15) is 4.79 Å². The minimum Gasteiger partial charge on any atom is -0.493 e. The molecule has 1 aromatic carbocycles. The summed E-state index contributed by atoms with van der Waals surface area (Å²) in [6.45, 7) is 0. The largest absolute Gasteiger partial charge is 0.493 e. The molecule has 0 radical (unpaired) electrons. The predicted octanol–water partition coefficient (Wildman–Crippen LogP) is 1.49. The van der Waals surface area contributed by atoms with Crippen LogP contribution >= 0.6 is 12.4 Å². The van der Waals surface area contributed by atoms with Crippen molar-refractivity contribution in [3.05, 3.63) is 17.7 Å². The maximum Gasteiger partial charge on any atom is 0.254 e. The zero-order valence-electron chi connectivity index (χ0n) is 10.2. The topological polar surface area (TPSA) is 56.8 Å². The van der Waals surface area contributed by atoms with Crippen molar-refractivity contribution in [3.8, 4) is 17.2 Å². The van der Waals surface area contributed by atoms with Crippen molar-refractivity contribution < 1.29 is 19.0 Å². The number of carbonyl (C=O) groups is 1. The molecule has 5 nitrogen and oxygen atoms in total. The summed E-state index contributed by atoms with van der Waals surface area (Å²) in [4.78, 5) is 11.6. The highest BCUT2D eigenvalue weighted by Gasteiger charge is 2.19. The summed E-state index contributed by atoms with van der Waals surface area (Å²) >= 11 is 0. The van der Waals surface area contributed by atoms with Crippen molar-refractivity contribution in [2.75, 3.05) is 28.4 Å². The Hall–Kier alpha value is -1.62. The minimum atomic E-state index is -0.238. The van der Waals surface area contributed by atoms with E-state index < -0.39 is 0 Å². The minimum absolute atomic E-state index is 0. The van der Waals surface area contributed by atoms with E-state index in [1.54, 1.807) is 19.2 Å². The van der Waals surface area contributed by atoms with Gasteiger partial charge in [0.05, 0.1) is 26.9 Å². The van der Waals surface area contributed by atoms with Crippen LogP contribution in [0.4, 0.5) is 0 Å². The van der Waals surface area contributed by atoms with Crippen LogP contribution in [0.2, 0.25) is 0 Å². The molecule has 6 heteroatoms. The molecule has 1 N–H and O–H groups in total. The molecule has 96 valence electrons. The lowest BCUT2D eigenvalue weighted by molar-refractivity contribution is 0.0959. The highest BCUT2D eigenvalue weighted by Crippen LogP contribution is 2.39. The Morgan fingerprint density at radius 2 is 1.65 bits per heavy atom. The fourth-order valence-electron chi connectivity index (χ4n) is 1.41. The molecule has 0 aromatic heterocycles. The molecule has 0 aliphatic heterocycles. The van der Waals surface area contributed by atoms with E-state index >= 15 is 0 Å². The summed E-state index contributed by atoms with van der Waals surface area (Å²) in [6, 6.07) is 3.28. The lowest BCUT2D eigenvalue weighted by Crippen LogP contribution is -2.19. The van der Waals surface area contributed by atoms with Crippen molar-refractivity contribution in [1.29, 1.82) is 0 Å². The van der Waals surface area contributed by atoms with Crippen LogP contribution in [-0.4, -0.2) is 34.3 Å². The first kappa shape index (κ1) is 15.4. The number of ether oxygens (including phenoxy) is 3. The highest BCUT2D eigenvalue weighted by molar-refractivity contribution is 5.98. The second-order valence-corrected chi connectivity index (χ2v) is 2.96. The van der Waals surface area contributed by atoms with E-state index in [0.717, 1.165) is 0 Å². The molecule has 17 heavy (non-hydrogen) atoms. The summed E-state index contributed by atoms with van der Waals surface area (Å²) in [5, 5.41) is 2.53. The molecule has 0 heterocycles. The molecule has 0 bridgehead atoms. The first-order chi connectivity index (χ1) is 7.69. The predicted molar refractivity (Wildman–Crippen MR) is 66.7 cm³/mol. The van der Waals surface area contributed by atoms with Gasteiger partial charge in [-0.3, -0.25) is 4.79 Å². The summed E-state index contributed by atoms with van der Waals surface area (Å²) in [5.74, 6) is 1.05. The average Bonchev–Trinajstić information content (AvgIpc) is 2.35. The maximum absolute atomic E-state index is 11.6. The fourth-order valence-corrected chi connectivity index (χ4v) is 1.41. The third kappa shape index (κ3) is 2.94. The van der Waals surface area contributed by atoms with Crippen LogP contribution in [0, 0.1) is 0 Å². The standard InChI is InChI=1S/C11H15NO4.ClH/c1-12-11(13)7-5-6-8(14-2)10(16-4)9(7)15-3;/h5-6H,1-4H3,(H,12,13);1H. The van der Waals surface area contributed by atoms with Crippen LogP contribution in [0.5, 0.6) is 17.2 Å². The molecule has 0 aliphatic rings. The zero-order chi connectivity index (χ0) is 12.1. The summed E-state index contributed by atoms with van der Waals surface area (Å²) < 4.78 is 15.4. The third-order valence-electron chi connectivity index (χ3n) is 2.18. The fraction of sp³-hybridized carbons (Fsp3) is 0.364. The summed E-state index contributed by atoms with van der Waals surface area (Å²) in [6.07, 6.45) is 0. The Morgan fingerprint density at radius 1 is 1.06 bits per heavy atom. The number of hydrogen-bond donors (Lipinski definition) is 1. The van der Waals surface area contributed by atoms with Gasteiger partial charge in [0.25, 0.3) is 5.91 Å². The number of nitrogens with one attached hydrogen (secondary N) is 1.